The molecule has 0 radical (unpaired) electrons. The van der Waals surface area contributed by atoms with Crippen LogP contribution < -0.4 is 5.32 Å². The Labute approximate surface area is 114 Å². The third-order valence-electron chi connectivity index (χ3n) is 4.24. The van der Waals surface area contributed by atoms with Gasteiger partial charge in [0.1, 0.15) is 0 Å². The fraction of sp³-hybridized carbons (Fsp3) is 0.667. The Morgan fingerprint density at radius 2 is 2.42 bits per heavy atom. The number of nitrogens with zero attached hydrogens (tertiary/aromatic N) is 1. The van der Waals surface area contributed by atoms with Gasteiger partial charge in [-0.05, 0) is 31.4 Å². The highest BCUT2D eigenvalue weighted by atomic mass is 16.6. The van der Waals surface area contributed by atoms with Crippen LogP contribution in [0.15, 0.2) is 18.3 Å². The molecule has 2 fully saturated rings. The second kappa shape index (κ2) is 5.57. The quantitative estimate of drug-likeness (QED) is 0.902. The van der Waals surface area contributed by atoms with Crippen LogP contribution in [-0.4, -0.2) is 36.4 Å². The van der Waals surface area contributed by atoms with E-state index in [4.69, 9.17) is 9.47 Å². The average Bonchev–Trinajstić information content (AvgIpc) is 2.86. The SMILES string of the molecule is Cc1cccnc1CNC1CCOC2(CCOC2)C1. The summed E-state index contributed by atoms with van der Waals surface area (Å²) in [4.78, 5) is 4.43. The summed E-state index contributed by atoms with van der Waals surface area (Å²) in [5, 5.41) is 3.63. The summed E-state index contributed by atoms with van der Waals surface area (Å²) < 4.78 is 11.5. The molecule has 4 nitrogen and oxygen atoms in total. The molecule has 2 aliphatic rings. The van der Waals surface area contributed by atoms with Gasteiger partial charge in [0.05, 0.1) is 17.9 Å². The van der Waals surface area contributed by atoms with E-state index in [1.54, 1.807) is 0 Å². The molecule has 2 atom stereocenters. The minimum atomic E-state index is -0.0188. The normalized spacial score (nSPS) is 30.9. The minimum absolute atomic E-state index is 0.0188. The highest BCUT2D eigenvalue weighted by Crippen LogP contribution is 2.32. The second-order valence-electron chi connectivity index (χ2n) is 5.67. The van der Waals surface area contributed by atoms with Crippen molar-refractivity contribution in [2.45, 2.75) is 44.4 Å². The molecule has 0 amide bonds. The molecule has 1 aromatic heterocycles. The van der Waals surface area contributed by atoms with Gasteiger partial charge in [0.15, 0.2) is 0 Å². The predicted octanol–water partition coefficient (Wildman–Crippen LogP) is 1.82. The molecule has 3 heterocycles. The van der Waals surface area contributed by atoms with Gasteiger partial charge in [0.2, 0.25) is 0 Å². The van der Waals surface area contributed by atoms with Crippen LogP contribution in [-0.2, 0) is 16.0 Å². The van der Waals surface area contributed by atoms with E-state index in [0.717, 1.165) is 51.3 Å². The highest BCUT2D eigenvalue weighted by Gasteiger charge is 2.40. The molecule has 1 spiro atoms. The Kier molecular flexibility index (Phi) is 3.82. The number of hydrogen-bond donors (Lipinski definition) is 1. The molecular weight excluding hydrogens is 240 g/mol. The van der Waals surface area contributed by atoms with Crippen molar-refractivity contribution in [2.24, 2.45) is 0 Å². The Morgan fingerprint density at radius 3 is 3.21 bits per heavy atom. The summed E-state index contributed by atoms with van der Waals surface area (Å²) in [7, 11) is 0. The minimum Gasteiger partial charge on any atom is -0.378 e. The van der Waals surface area contributed by atoms with E-state index in [0.29, 0.717) is 6.04 Å². The van der Waals surface area contributed by atoms with E-state index < -0.39 is 0 Å². The van der Waals surface area contributed by atoms with Crippen molar-refractivity contribution >= 4 is 0 Å². The topological polar surface area (TPSA) is 43.4 Å². The van der Waals surface area contributed by atoms with Crippen LogP contribution in [0.4, 0.5) is 0 Å². The Balaban J connectivity index is 1.57. The molecule has 2 saturated heterocycles. The maximum Gasteiger partial charge on any atom is 0.0951 e. The molecule has 0 saturated carbocycles. The summed E-state index contributed by atoms with van der Waals surface area (Å²) in [6, 6.07) is 4.61. The number of hydrogen-bond acceptors (Lipinski definition) is 4. The van der Waals surface area contributed by atoms with Crippen molar-refractivity contribution in [3.05, 3.63) is 29.6 Å². The molecule has 104 valence electrons. The van der Waals surface area contributed by atoms with E-state index in [9.17, 15) is 0 Å². The summed E-state index contributed by atoms with van der Waals surface area (Å²) in [5.74, 6) is 0. The monoisotopic (exact) mass is 262 g/mol. The summed E-state index contributed by atoms with van der Waals surface area (Å²) in [6.07, 6.45) is 5.03. The van der Waals surface area contributed by atoms with Crippen molar-refractivity contribution in [1.29, 1.82) is 0 Å². The summed E-state index contributed by atoms with van der Waals surface area (Å²) in [5.41, 5.74) is 2.38. The Morgan fingerprint density at radius 1 is 1.47 bits per heavy atom. The molecule has 2 aliphatic heterocycles. The van der Waals surface area contributed by atoms with Gasteiger partial charge in [-0.25, -0.2) is 0 Å². The zero-order valence-electron chi connectivity index (χ0n) is 11.5. The number of aromatic nitrogens is 1. The van der Waals surface area contributed by atoms with Crippen LogP contribution >= 0.6 is 0 Å². The van der Waals surface area contributed by atoms with Crippen molar-refractivity contribution in [1.82, 2.24) is 10.3 Å². The predicted molar refractivity (Wildman–Crippen MR) is 73.0 cm³/mol. The van der Waals surface area contributed by atoms with Gasteiger partial charge in [-0.2, -0.15) is 0 Å². The number of rotatable bonds is 3. The molecule has 0 bridgehead atoms. The van der Waals surface area contributed by atoms with Crippen LogP contribution in [0, 0.1) is 6.92 Å². The lowest BCUT2D eigenvalue weighted by Gasteiger charge is -2.37. The molecule has 4 heteroatoms. The first kappa shape index (κ1) is 13.0. The maximum atomic E-state index is 5.95. The number of nitrogens with one attached hydrogen (secondary N) is 1. The van der Waals surface area contributed by atoms with Crippen LogP contribution in [0.5, 0.6) is 0 Å². The van der Waals surface area contributed by atoms with E-state index in [1.165, 1.54) is 5.56 Å². The summed E-state index contributed by atoms with van der Waals surface area (Å²) in [6.45, 7) is 5.39. The van der Waals surface area contributed by atoms with Crippen LogP contribution in [0.3, 0.4) is 0 Å². The highest BCUT2D eigenvalue weighted by molar-refractivity contribution is 5.17. The molecule has 3 rings (SSSR count). The van der Waals surface area contributed by atoms with Crippen LogP contribution in [0.2, 0.25) is 0 Å². The van der Waals surface area contributed by atoms with Gasteiger partial charge in [0, 0.05) is 38.4 Å². The van der Waals surface area contributed by atoms with Crippen molar-refractivity contribution in [3.8, 4) is 0 Å². The molecule has 19 heavy (non-hydrogen) atoms. The first-order valence-electron chi connectivity index (χ1n) is 7.13. The number of aryl methyl sites for hydroxylation is 1. The maximum absolute atomic E-state index is 5.95. The molecule has 0 aromatic carbocycles. The van der Waals surface area contributed by atoms with Gasteiger partial charge >= 0.3 is 0 Å². The third-order valence-corrected chi connectivity index (χ3v) is 4.24. The third kappa shape index (κ3) is 2.96. The number of ether oxygens (including phenoxy) is 2. The second-order valence-corrected chi connectivity index (χ2v) is 5.67. The standard InChI is InChI=1S/C15H22N2O2/c1-12-3-2-6-16-14(12)10-17-13-4-7-19-15(9-13)5-8-18-11-15/h2-3,6,13,17H,4-5,7-11H2,1H3. The van der Waals surface area contributed by atoms with E-state index in [1.807, 2.05) is 12.3 Å². The van der Waals surface area contributed by atoms with Crippen LogP contribution in [0.1, 0.15) is 30.5 Å². The van der Waals surface area contributed by atoms with Gasteiger partial charge in [0.25, 0.3) is 0 Å². The zero-order valence-corrected chi connectivity index (χ0v) is 11.5. The zero-order chi connectivity index (χ0) is 13.1. The van der Waals surface area contributed by atoms with Crippen molar-refractivity contribution < 1.29 is 9.47 Å². The Bertz CT molecular complexity index is 430. The fourth-order valence-electron chi connectivity index (χ4n) is 3.01. The van der Waals surface area contributed by atoms with E-state index in [2.05, 4.69) is 23.3 Å². The Hall–Kier alpha value is -0.970. The first-order valence-corrected chi connectivity index (χ1v) is 7.13. The van der Waals surface area contributed by atoms with Gasteiger partial charge in [-0.3, -0.25) is 4.98 Å². The fourth-order valence-corrected chi connectivity index (χ4v) is 3.01. The molecular formula is C15H22N2O2. The van der Waals surface area contributed by atoms with E-state index >= 15 is 0 Å². The van der Waals surface area contributed by atoms with Gasteiger partial charge in [-0.15, -0.1) is 0 Å². The van der Waals surface area contributed by atoms with Gasteiger partial charge in [-0.1, -0.05) is 6.07 Å². The lowest BCUT2D eigenvalue weighted by atomic mass is 9.89. The van der Waals surface area contributed by atoms with Crippen molar-refractivity contribution in [2.75, 3.05) is 19.8 Å². The molecule has 1 N–H and O–H groups in total. The van der Waals surface area contributed by atoms with Crippen molar-refractivity contribution in [3.63, 3.8) is 0 Å². The molecule has 0 aliphatic carbocycles. The lowest BCUT2D eigenvalue weighted by Crippen LogP contribution is -2.47. The number of pyridine rings is 1. The van der Waals surface area contributed by atoms with Crippen LogP contribution in [0.25, 0.3) is 0 Å². The largest absolute Gasteiger partial charge is 0.378 e. The molecule has 2 unspecified atom stereocenters. The molecule has 1 aromatic rings. The van der Waals surface area contributed by atoms with Gasteiger partial charge < -0.3 is 14.8 Å². The average molecular weight is 262 g/mol. The lowest BCUT2D eigenvalue weighted by molar-refractivity contribution is -0.0895. The van der Waals surface area contributed by atoms with E-state index in [-0.39, 0.29) is 5.60 Å². The first-order chi connectivity index (χ1) is 9.27. The summed E-state index contributed by atoms with van der Waals surface area (Å²) >= 11 is 0. The smallest absolute Gasteiger partial charge is 0.0951 e.